The lowest BCUT2D eigenvalue weighted by atomic mass is 10.0. The summed E-state index contributed by atoms with van der Waals surface area (Å²) in [6, 6.07) is 0.675. The van der Waals surface area contributed by atoms with E-state index in [1.54, 1.807) is 0 Å². The summed E-state index contributed by atoms with van der Waals surface area (Å²) in [5.41, 5.74) is 0. The lowest BCUT2D eigenvalue weighted by Gasteiger charge is -2.12. The minimum atomic E-state index is -0.0237. The van der Waals surface area contributed by atoms with Crippen molar-refractivity contribution in [3.63, 3.8) is 0 Å². The van der Waals surface area contributed by atoms with Crippen LogP contribution < -0.4 is 0 Å². The van der Waals surface area contributed by atoms with Crippen molar-refractivity contribution in [2.75, 3.05) is 20.2 Å². The van der Waals surface area contributed by atoms with E-state index in [0.29, 0.717) is 6.04 Å². The monoisotopic (exact) mass is 169 g/mol. The molecule has 0 bridgehead atoms. The molecular formula is C9H15NO2. The maximum atomic E-state index is 11.2. The molecule has 0 aliphatic carbocycles. The largest absolute Gasteiger partial charge is 0.469 e. The first-order valence-corrected chi connectivity index (χ1v) is 4.63. The summed E-state index contributed by atoms with van der Waals surface area (Å²) in [6.07, 6.45) is 3.60. The zero-order valence-corrected chi connectivity index (χ0v) is 7.45. The quantitative estimate of drug-likeness (QED) is 0.540. The number of fused-ring (bicyclic) bond motifs is 1. The number of hydrogen-bond donors (Lipinski definition) is 0. The highest BCUT2D eigenvalue weighted by atomic mass is 16.5. The maximum Gasteiger partial charge on any atom is 0.310 e. The molecule has 68 valence electrons. The highest BCUT2D eigenvalue weighted by molar-refractivity contribution is 5.73. The van der Waals surface area contributed by atoms with Crippen LogP contribution in [0.4, 0.5) is 0 Å². The molecular weight excluding hydrogens is 154 g/mol. The van der Waals surface area contributed by atoms with Crippen molar-refractivity contribution in [1.29, 1.82) is 0 Å². The zero-order chi connectivity index (χ0) is 8.55. The molecule has 2 heterocycles. The molecule has 2 aliphatic rings. The smallest absolute Gasteiger partial charge is 0.310 e. The Morgan fingerprint density at radius 1 is 1.58 bits per heavy atom. The van der Waals surface area contributed by atoms with Gasteiger partial charge in [-0.3, -0.25) is 9.69 Å². The van der Waals surface area contributed by atoms with E-state index in [2.05, 4.69) is 4.90 Å². The third kappa shape index (κ3) is 1.22. The molecule has 2 rings (SSSR count). The van der Waals surface area contributed by atoms with Crippen molar-refractivity contribution < 1.29 is 9.53 Å². The summed E-state index contributed by atoms with van der Waals surface area (Å²) in [5, 5.41) is 0. The molecule has 0 aromatic rings. The number of esters is 1. The minimum absolute atomic E-state index is 0.0237. The van der Waals surface area contributed by atoms with Gasteiger partial charge in [-0.25, -0.2) is 0 Å². The maximum absolute atomic E-state index is 11.2. The Balaban J connectivity index is 1.94. The van der Waals surface area contributed by atoms with Gasteiger partial charge in [0, 0.05) is 12.6 Å². The number of carbonyl (C=O) groups excluding carboxylic acids is 1. The van der Waals surface area contributed by atoms with E-state index in [0.717, 1.165) is 13.0 Å². The number of carbonyl (C=O) groups is 1. The Morgan fingerprint density at radius 2 is 2.42 bits per heavy atom. The molecule has 0 radical (unpaired) electrons. The molecule has 2 fully saturated rings. The third-order valence-electron chi connectivity index (χ3n) is 3.05. The Kier molecular flexibility index (Phi) is 2.05. The van der Waals surface area contributed by atoms with Gasteiger partial charge < -0.3 is 4.74 Å². The van der Waals surface area contributed by atoms with Crippen LogP contribution in [0.2, 0.25) is 0 Å². The van der Waals surface area contributed by atoms with E-state index >= 15 is 0 Å². The molecule has 0 aromatic heterocycles. The summed E-state index contributed by atoms with van der Waals surface area (Å²) < 4.78 is 4.73. The first-order chi connectivity index (χ1) is 5.81. The van der Waals surface area contributed by atoms with Gasteiger partial charge in [0.2, 0.25) is 0 Å². The van der Waals surface area contributed by atoms with Crippen LogP contribution in [0.1, 0.15) is 19.3 Å². The number of hydrogen-bond acceptors (Lipinski definition) is 3. The Hall–Kier alpha value is -0.570. The third-order valence-corrected chi connectivity index (χ3v) is 3.05. The molecule has 3 heteroatoms. The van der Waals surface area contributed by atoms with Crippen molar-refractivity contribution in [1.82, 2.24) is 4.90 Å². The average molecular weight is 169 g/mol. The number of nitrogens with zero attached hydrogens (tertiary/aromatic N) is 1. The summed E-state index contributed by atoms with van der Waals surface area (Å²) in [6.45, 7) is 2.11. The van der Waals surface area contributed by atoms with E-state index in [9.17, 15) is 4.79 Å². The van der Waals surface area contributed by atoms with Gasteiger partial charge in [-0.2, -0.15) is 0 Å². The lowest BCUT2D eigenvalue weighted by molar-refractivity contribution is -0.145. The van der Waals surface area contributed by atoms with E-state index in [4.69, 9.17) is 4.74 Å². The van der Waals surface area contributed by atoms with Gasteiger partial charge in [0.25, 0.3) is 0 Å². The van der Waals surface area contributed by atoms with Gasteiger partial charge in [0.05, 0.1) is 13.0 Å². The second kappa shape index (κ2) is 3.05. The van der Waals surface area contributed by atoms with Crippen molar-refractivity contribution in [3.05, 3.63) is 0 Å². The van der Waals surface area contributed by atoms with Crippen LogP contribution in [0.25, 0.3) is 0 Å². The number of rotatable bonds is 1. The van der Waals surface area contributed by atoms with E-state index in [-0.39, 0.29) is 11.9 Å². The standard InChI is InChI=1S/C9H15NO2/c1-12-9(11)7-5-8-3-2-4-10(8)6-7/h7-8H,2-6H2,1H3/t7-,8+/m1/s1. The predicted octanol–water partition coefficient (Wildman–Crippen LogP) is 0.644. The number of ether oxygens (including phenoxy) is 1. The van der Waals surface area contributed by atoms with Crippen LogP contribution in [0.15, 0.2) is 0 Å². The summed E-state index contributed by atoms with van der Waals surface area (Å²) in [7, 11) is 1.48. The molecule has 3 nitrogen and oxygen atoms in total. The predicted molar refractivity (Wildman–Crippen MR) is 44.7 cm³/mol. The van der Waals surface area contributed by atoms with Gasteiger partial charge in [0.15, 0.2) is 0 Å². The second-order valence-corrected chi connectivity index (χ2v) is 3.75. The van der Waals surface area contributed by atoms with E-state index < -0.39 is 0 Å². The number of methoxy groups -OCH3 is 1. The molecule has 12 heavy (non-hydrogen) atoms. The topological polar surface area (TPSA) is 29.5 Å². The highest BCUT2D eigenvalue weighted by Crippen LogP contribution is 2.31. The van der Waals surface area contributed by atoms with Crippen molar-refractivity contribution in [2.24, 2.45) is 5.92 Å². The fourth-order valence-electron chi connectivity index (χ4n) is 2.43. The van der Waals surface area contributed by atoms with E-state index in [1.165, 1.54) is 26.5 Å². The van der Waals surface area contributed by atoms with Gasteiger partial charge in [-0.05, 0) is 25.8 Å². The normalized spacial score (nSPS) is 35.1. The average Bonchev–Trinajstić information content (AvgIpc) is 2.60. The van der Waals surface area contributed by atoms with Crippen LogP contribution in [-0.2, 0) is 9.53 Å². The minimum Gasteiger partial charge on any atom is -0.469 e. The zero-order valence-electron chi connectivity index (χ0n) is 7.45. The van der Waals surface area contributed by atoms with Gasteiger partial charge >= 0.3 is 5.97 Å². The van der Waals surface area contributed by atoms with E-state index in [1.807, 2.05) is 0 Å². The van der Waals surface area contributed by atoms with Crippen molar-refractivity contribution in [2.45, 2.75) is 25.3 Å². The molecule has 2 aliphatic heterocycles. The van der Waals surface area contributed by atoms with Crippen LogP contribution in [-0.4, -0.2) is 37.1 Å². The van der Waals surface area contributed by atoms with Gasteiger partial charge in [0.1, 0.15) is 0 Å². The highest BCUT2D eigenvalue weighted by Gasteiger charge is 2.38. The summed E-state index contributed by atoms with van der Waals surface area (Å²) in [5.74, 6) is 0.129. The summed E-state index contributed by atoms with van der Waals surface area (Å²) >= 11 is 0. The molecule has 0 unspecified atom stereocenters. The first-order valence-electron chi connectivity index (χ1n) is 4.63. The first kappa shape index (κ1) is 8.05. The van der Waals surface area contributed by atoms with Crippen molar-refractivity contribution >= 4 is 5.97 Å². The Labute approximate surface area is 72.7 Å². The molecule has 0 spiro atoms. The van der Waals surface area contributed by atoms with Crippen LogP contribution >= 0.6 is 0 Å². The fourth-order valence-corrected chi connectivity index (χ4v) is 2.43. The molecule has 0 N–H and O–H groups in total. The van der Waals surface area contributed by atoms with Crippen LogP contribution in [0, 0.1) is 5.92 Å². The molecule has 2 atom stereocenters. The Bertz CT molecular complexity index is 181. The Morgan fingerprint density at radius 3 is 3.08 bits per heavy atom. The molecule has 0 amide bonds. The fraction of sp³-hybridized carbons (Fsp3) is 0.889. The van der Waals surface area contributed by atoms with Crippen LogP contribution in [0.3, 0.4) is 0 Å². The van der Waals surface area contributed by atoms with Gasteiger partial charge in [-0.1, -0.05) is 0 Å². The van der Waals surface area contributed by atoms with Gasteiger partial charge in [-0.15, -0.1) is 0 Å². The SMILES string of the molecule is COC(=O)[C@@H]1C[C@@H]2CCCN2C1. The lowest BCUT2D eigenvalue weighted by Crippen LogP contribution is -2.24. The molecule has 0 aromatic carbocycles. The molecule has 2 saturated heterocycles. The summed E-state index contributed by atoms with van der Waals surface area (Å²) in [4.78, 5) is 13.6. The second-order valence-electron chi connectivity index (χ2n) is 3.75. The van der Waals surface area contributed by atoms with Crippen molar-refractivity contribution in [3.8, 4) is 0 Å². The molecule has 0 saturated carbocycles. The van der Waals surface area contributed by atoms with Crippen LogP contribution in [0.5, 0.6) is 0 Å².